The van der Waals surface area contributed by atoms with Gasteiger partial charge < -0.3 is 24.8 Å². The van der Waals surface area contributed by atoms with E-state index in [-0.39, 0.29) is 59.7 Å². The molecular weight excluding hydrogens is 627 g/mol. The summed E-state index contributed by atoms with van der Waals surface area (Å²) in [5, 5.41) is 14.8. The Bertz CT molecular complexity index is 1530. The number of nitrogens with one attached hydrogen (secondary N) is 1. The number of hydrogen-bond donors (Lipinski definition) is 2. The van der Waals surface area contributed by atoms with Crippen LogP contribution in [0.3, 0.4) is 0 Å². The first-order valence-corrected chi connectivity index (χ1v) is 18.0. The molecular formula is C34H45N3O7S2. The van der Waals surface area contributed by atoms with E-state index < -0.39 is 22.2 Å². The molecule has 0 radical (unpaired) electrons. The van der Waals surface area contributed by atoms with Crippen LogP contribution in [0, 0.1) is 5.92 Å². The third kappa shape index (κ3) is 9.38. The minimum absolute atomic E-state index is 0.102. The Kier molecular flexibility index (Phi) is 12.8. The number of thiophene rings is 1. The largest absolute Gasteiger partial charge is 0.490 e. The maximum absolute atomic E-state index is 14.3. The van der Waals surface area contributed by atoms with Crippen LogP contribution in [0.1, 0.15) is 56.0 Å². The third-order valence-corrected chi connectivity index (χ3v) is 11.3. The number of anilines is 1. The number of aliphatic hydroxyl groups is 1. The van der Waals surface area contributed by atoms with Crippen molar-refractivity contribution in [3.63, 3.8) is 0 Å². The molecule has 3 aromatic rings. The molecule has 0 bridgehead atoms. The van der Waals surface area contributed by atoms with Crippen molar-refractivity contribution in [3.05, 3.63) is 77.2 Å². The fourth-order valence-electron chi connectivity index (χ4n) is 5.36. The second-order valence-electron chi connectivity index (χ2n) is 11.9. The zero-order valence-electron chi connectivity index (χ0n) is 26.9. The number of amides is 2. The molecule has 46 heavy (non-hydrogen) atoms. The van der Waals surface area contributed by atoms with Crippen LogP contribution in [-0.2, 0) is 26.0 Å². The lowest BCUT2D eigenvalue weighted by Gasteiger charge is -2.35. The Morgan fingerprint density at radius 3 is 2.59 bits per heavy atom. The minimum Gasteiger partial charge on any atom is -0.490 e. The van der Waals surface area contributed by atoms with E-state index in [9.17, 15) is 23.1 Å². The summed E-state index contributed by atoms with van der Waals surface area (Å²) in [6, 6.07) is 17.2. The first-order chi connectivity index (χ1) is 22.0. The van der Waals surface area contributed by atoms with Crippen LogP contribution in [0.4, 0.5) is 5.69 Å². The predicted molar refractivity (Wildman–Crippen MR) is 180 cm³/mol. The lowest BCUT2D eigenvalue weighted by Crippen LogP contribution is -2.48. The van der Waals surface area contributed by atoms with Crippen LogP contribution in [0.15, 0.2) is 70.3 Å². The zero-order valence-corrected chi connectivity index (χ0v) is 28.6. The number of carbonyl (C=O) groups is 2. The van der Waals surface area contributed by atoms with Gasteiger partial charge in [-0.25, -0.2) is 8.42 Å². The van der Waals surface area contributed by atoms with Gasteiger partial charge in [-0.15, -0.1) is 11.3 Å². The van der Waals surface area contributed by atoms with Crippen molar-refractivity contribution < 1.29 is 32.6 Å². The summed E-state index contributed by atoms with van der Waals surface area (Å²) in [6.45, 7) is 6.07. The molecule has 2 heterocycles. The molecule has 250 valence electrons. The summed E-state index contributed by atoms with van der Waals surface area (Å²) in [5.41, 5.74) is 1.59. The average Bonchev–Trinajstić information content (AvgIpc) is 3.59. The van der Waals surface area contributed by atoms with E-state index >= 15 is 0 Å². The zero-order chi connectivity index (χ0) is 33.3. The minimum atomic E-state index is -3.71. The van der Waals surface area contributed by atoms with Gasteiger partial charge in [0.05, 0.1) is 36.8 Å². The molecule has 4 atom stereocenters. The fraction of sp³-hybridized carbons (Fsp3) is 0.471. The molecule has 2 aromatic carbocycles. The molecule has 2 amide bonds. The Balaban J connectivity index is 1.62. The summed E-state index contributed by atoms with van der Waals surface area (Å²) in [6.07, 6.45) is 1.76. The van der Waals surface area contributed by atoms with Crippen molar-refractivity contribution >= 4 is 38.9 Å². The number of fused-ring (bicyclic) bond motifs is 1. The summed E-state index contributed by atoms with van der Waals surface area (Å²) < 4.78 is 40.6. The lowest BCUT2D eigenvalue weighted by molar-refractivity contribution is -0.115. The van der Waals surface area contributed by atoms with Crippen LogP contribution in [0.5, 0.6) is 5.75 Å². The van der Waals surface area contributed by atoms with Gasteiger partial charge in [0.2, 0.25) is 5.91 Å². The van der Waals surface area contributed by atoms with Gasteiger partial charge in [0.25, 0.3) is 15.9 Å². The lowest BCUT2D eigenvalue weighted by atomic mass is 10.0. The van der Waals surface area contributed by atoms with Crippen LogP contribution in [-0.4, -0.2) is 86.1 Å². The Hall–Kier alpha value is -3.29. The van der Waals surface area contributed by atoms with Crippen molar-refractivity contribution in [2.75, 3.05) is 38.7 Å². The summed E-state index contributed by atoms with van der Waals surface area (Å²) >= 11 is 1.16. The van der Waals surface area contributed by atoms with Crippen LogP contribution in [0.25, 0.3) is 0 Å². The number of hydrogen-bond acceptors (Lipinski definition) is 8. The highest BCUT2D eigenvalue weighted by atomic mass is 32.2. The van der Waals surface area contributed by atoms with Crippen LogP contribution in [0.2, 0.25) is 0 Å². The van der Waals surface area contributed by atoms with Crippen LogP contribution >= 0.6 is 11.3 Å². The molecule has 0 fully saturated rings. The highest BCUT2D eigenvalue weighted by Crippen LogP contribution is 2.29. The fourth-order valence-corrected chi connectivity index (χ4v) is 7.75. The smallest absolute Gasteiger partial charge is 0.258 e. The van der Waals surface area contributed by atoms with Crippen molar-refractivity contribution in [3.8, 4) is 5.75 Å². The van der Waals surface area contributed by atoms with E-state index in [4.69, 9.17) is 9.47 Å². The Morgan fingerprint density at radius 2 is 1.89 bits per heavy atom. The van der Waals surface area contributed by atoms with E-state index in [0.29, 0.717) is 18.0 Å². The van der Waals surface area contributed by atoms with Crippen LogP contribution < -0.4 is 10.1 Å². The summed E-state index contributed by atoms with van der Waals surface area (Å²) in [5.74, 6) is -0.485. The SMILES string of the molecule is C[C@@H]1CCCCO[C@@H](CN(C)S(=O)(=O)c2cccs2)[C@@H](C)CN([C@@H](C)CO)C(=O)c2cc(NC(=O)Cc3ccccc3)ccc2O1. The Labute approximate surface area is 276 Å². The number of aliphatic hydroxyl groups excluding tert-OH is 1. The molecule has 0 aliphatic carbocycles. The number of likely N-dealkylation sites (N-methyl/N-ethyl adjacent to an activating group) is 1. The number of sulfonamides is 1. The molecule has 0 saturated carbocycles. The topological polar surface area (TPSA) is 125 Å². The molecule has 1 aromatic heterocycles. The molecule has 1 aliphatic heterocycles. The maximum Gasteiger partial charge on any atom is 0.258 e. The van der Waals surface area contributed by atoms with Crippen molar-refractivity contribution in [2.45, 2.75) is 68.9 Å². The van der Waals surface area contributed by atoms with E-state index in [1.165, 1.54) is 4.31 Å². The standard InChI is InChI=1S/C34H45N3O7S2/c1-24-21-37(25(2)23-38)34(40)29-20-28(35-32(39)19-27-12-6-5-7-13-27)15-16-30(29)44-26(3)11-8-9-17-43-31(24)22-36(4)46(41,42)33-14-10-18-45-33/h5-7,10,12-16,18,20,24-26,31,38H,8-9,11,17,19,21-23H2,1-4H3,(H,35,39)/t24-,25-,26+,31-/m0/s1. The van der Waals surface area contributed by atoms with Crippen molar-refractivity contribution in [2.24, 2.45) is 5.92 Å². The molecule has 10 nitrogen and oxygen atoms in total. The van der Waals surface area contributed by atoms with Gasteiger partial charge in [-0.2, -0.15) is 4.31 Å². The third-order valence-electron chi connectivity index (χ3n) is 8.14. The van der Waals surface area contributed by atoms with E-state index in [1.54, 1.807) is 54.6 Å². The predicted octanol–water partition coefficient (Wildman–Crippen LogP) is 5.05. The molecule has 0 saturated heterocycles. The molecule has 1 aliphatic rings. The van der Waals surface area contributed by atoms with Gasteiger partial charge in [-0.3, -0.25) is 9.59 Å². The number of nitrogens with zero attached hydrogens (tertiary/aromatic N) is 2. The number of rotatable bonds is 9. The van der Waals surface area contributed by atoms with Gasteiger partial charge in [-0.05, 0) is 68.3 Å². The second-order valence-corrected chi connectivity index (χ2v) is 15.2. The number of carbonyl (C=O) groups excluding carboxylic acids is 2. The van der Waals surface area contributed by atoms with Gasteiger partial charge >= 0.3 is 0 Å². The van der Waals surface area contributed by atoms with Gasteiger partial charge in [-0.1, -0.05) is 43.3 Å². The van der Waals surface area contributed by atoms with E-state index in [1.807, 2.05) is 44.2 Å². The normalized spacial score (nSPS) is 20.8. The summed E-state index contributed by atoms with van der Waals surface area (Å²) in [4.78, 5) is 28.7. The monoisotopic (exact) mass is 671 g/mol. The molecule has 2 N–H and O–H groups in total. The second kappa shape index (κ2) is 16.5. The number of ether oxygens (including phenoxy) is 2. The van der Waals surface area contributed by atoms with Gasteiger partial charge in [0.1, 0.15) is 9.96 Å². The van der Waals surface area contributed by atoms with Gasteiger partial charge in [0.15, 0.2) is 0 Å². The quantitative estimate of drug-likeness (QED) is 0.326. The number of benzene rings is 2. The van der Waals surface area contributed by atoms with Crippen molar-refractivity contribution in [1.29, 1.82) is 0 Å². The molecule has 0 spiro atoms. The van der Waals surface area contributed by atoms with E-state index in [0.717, 1.165) is 36.2 Å². The van der Waals surface area contributed by atoms with E-state index in [2.05, 4.69) is 5.32 Å². The maximum atomic E-state index is 14.3. The summed E-state index contributed by atoms with van der Waals surface area (Å²) in [7, 11) is -2.17. The first kappa shape index (κ1) is 35.6. The van der Waals surface area contributed by atoms with Gasteiger partial charge in [0, 0.05) is 38.3 Å². The average molecular weight is 672 g/mol. The first-order valence-electron chi connectivity index (χ1n) is 15.7. The highest BCUT2D eigenvalue weighted by molar-refractivity contribution is 7.91. The Morgan fingerprint density at radius 1 is 1.13 bits per heavy atom. The molecule has 4 rings (SSSR count). The highest BCUT2D eigenvalue weighted by Gasteiger charge is 2.32. The molecule has 12 heteroatoms. The molecule has 0 unspecified atom stereocenters. The van der Waals surface area contributed by atoms with Crippen molar-refractivity contribution in [1.82, 2.24) is 9.21 Å².